The number of aromatic nitrogens is 3. The Balaban J connectivity index is 1.66. The fraction of sp³-hybridized carbons (Fsp3) is 0.364. The molecule has 2 heterocycles. The van der Waals surface area contributed by atoms with Gasteiger partial charge >= 0.3 is 0 Å². The molecule has 0 atom stereocenters. The highest BCUT2D eigenvalue weighted by atomic mass is 79.9. The van der Waals surface area contributed by atoms with Crippen molar-refractivity contribution in [3.05, 3.63) is 70.5 Å². The molecule has 0 radical (unpaired) electrons. The topological polar surface area (TPSA) is 72.1 Å². The van der Waals surface area contributed by atoms with E-state index in [4.69, 9.17) is 4.52 Å². The lowest BCUT2D eigenvalue weighted by Crippen LogP contribution is -2.30. The van der Waals surface area contributed by atoms with Crippen LogP contribution in [0.5, 0.6) is 0 Å². The van der Waals surface area contributed by atoms with E-state index in [-0.39, 0.29) is 11.3 Å². The van der Waals surface area contributed by atoms with Gasteiger partial charge in [-0.1, -0.05) is 47.9 Å². The van der Waals surface area contributed by atoms with Gasteiger partial charge in [-0.3, -0.25) is 9.78 Å². The number of nitrogens with zero attached hydrogens (tertiary/aromatic N) is 4. The number of carbonyl (C=O) groups is 1. The highest BCUT2D eigenvalue weighted by Crippen LogP contribution is 2.22. The van der Waals surface area contributed by atoms with Crippen LogP contribution in [0.1, 0.15) is 51.0 Å². The summed E-state index contributed by atoms with van der Waals surface area (Å²) in [6, 6.07) is 13.4. The molecule has 2 aromatic heterocycles. The average Bonchev–Trinajstić information content (AvgIpc) is 3.17. The molecule has 0 saturated carbocycles. The lowest BCUT2D eigenvalue weighted by molar-refractivity contribution is -0.118. The number of hydrogen-bond donors (Lipinski definition) is 0. The van der Waals surface area contributed by atoms with Crippen LogP contribution in [0.15, 0.2) is 57.7 Å². The Kier molecular flexibility index (Phi) is 6.79. The Morgan fingerprint density at radius 3 is 2.52 bits per heavy atom. The number of anilines is 1. The smallest absolute Gasteiger partial charge is 0.227 e. The molecule has 0 bridgehead atoms. The summed E-state index contributed by atoms with van der Waals surface area (Å²) in [6.07, 6.45) is 3.34. The number of rotatable bonds is 7. The molecule has 3 aromatic rings. The van der Waals surface area contributed by atoms with Crippen LogP contribution in [-0.2, 0) is 23.2 Å². The quantitative estimate of drug-likeness (QED) is 0.495. The second-order valence-electron chi connectivity index (χ2n) is 7.89. The van der Waals surface area contributed by atoms with Crippen molar-refractivity contribution < 1.29 is 9.32 Å². The summed E-state index contributed by atoms with van der Waals surface area (Å²) in [5.74, 6) is 1.29. The molecule has 6 nitrogen and oxygen atoms in total. The molecule has 0 N–H and O–H groups in total. The number of pyridine rings is 1. The maximum atomic E-state index is 13.0. The second-order valence-corrected chi connectivity index (χ2v) is 8.81. The average molecular weight is 457 g/mol. The first-order valence-electron chi connectivity index (χ1n) is 9.62. The van der Waals surface area contributed by atoms with Gasteiger partial charge in [0.1, 0.15) is 0 Å². The maximum Gasteiger partial charge on any atom is 0.227 e. The molecular weight excluding hydrogens is 432 g/mol. The van der Waals surface area contributed by atoms with Crippen molar-refractivity contribution in [2.24, 2.45) is 0 Å². The van der Waals surface area contributed by atoms with Crippen molar-refractivity contribution in [1.82, 2.24) is 15.1 Å². The first-order chi connectivity index (χ1) is 13.8. The standard InChI is InChI=1S/C22H25BrN4O2/c1-22(2,3)21-25-19(29-26-21)8-6-9-20(28)27(15-17-7-4-5-14-24-17)18-12-10-16(23)11-13-18/h4-5,7,10-14H,6,8-9,15H2,1-3H3. The number of amides is 1. The summed E-state index contributed by atoms with van der Waals surface area (Å²) in [5, 5.41) is 4.04. The van der Waals surface area contributed by atoms with Gasteiger partial charge in [0, 0.05) is 34.6 Å². The molecule has 0 unspecified atom stereocenters. The highest BCUT2D eigenvalue weighted by molar-refractivity contribution is 9.10. The van der Waals surface area contributed by atoms with Crippen LogP contribution >= 0.6 is 15.9 Å². The van der Waals surface area contributed by atoms with Gasteiger partial charge in [-0.25, -0.2) is 0 Å². The molecule has 3 rings (SSSR count). The van der Waals surface area contributed by atoms with Crippen molar-refractivity contribution in [2.45, 2.75) is 52.0 Å². The second kappa shape index (κ2) is 9.31. The SMILES string of the molecule is CC(C)(C)c1noc(CCCC(=O)N(Cc2ccccn2)c2ccc(Br)cc2)n1. The van der Waals surface area contributed by atoms with Gasteiger partial charge in [0.25, 0.3) is 0 Å². The fourth-order valence-electron chi connectivity index (χ4n) is 2.78. The minimum Gasteiger partial charge on any atom is -0.339 e. The summed E-state index contributed by atoms with van der Waals surface area (Å²) in [6.45, 7) is 6.55. The van der Waals surface area contributed by atoms with Crippen molar-refractivity contribution in [3.63, 3.8) is 0 Å². The molecule has 7 heteroatoms. The highest BCUT2D eigenvalue weighted by Gasteiger charge is 2.21. The van der Waals surface area contributed by atoms with Crippen LogP contribution in [0.3, 0.4) is 0 Å². The van der Waals surface area contributed by atoms with Gasteiger partial charge < -0.3 is 9.42 Å². The van der Waals surface area contributed by atoms with E-state index < -0.39 is 0 Å². The minimum atomic E-state index is -0.154. The predicted octanol–water partition coefficient (Wildman–Crippen LogP) is 5.08. The van der Waals surface area contributed by atoms with Gasteiger partial charge in [-0.05, 0) is 42.8 Å². The zero-order valence-corrected chi connectivity index (χ0v) is 18.5. The number of aryl methyl sites for hydroxylation is 1. The van der Waals surface area contributed by atoms with Gasteiger partial charge in [0.15, 0.2) is 5.82 Å². The lowest BCUT2D eigenvalue weighted by atomic mass is 9.96. The van der Waals surface area contributed by atoms with E-state index in [9.17, 15) is 4.79 Å². The third-order valence-electron chi connectivity index (χ3n) is 4.41. The van der Waals surface area contributed by atoms with Crippen LogP contribution < -0.4 is 4.90 Å². The summed E-state index contributed by atoms with van der Waals surface area (Å²) in [5.41, 5.74) is 1.53. The molecule has 1 aromatic carbocycles. The summed E-state index contributed by atoms with van der Waals surface area (Å²) in [4.78, 5) is 23.6. The van der Waals surface area contributed by atoms with E-state index in [2.05, 4.69) is 31.1 Å². The van der Waals surface area contributed by atoms with Crippen molar-refractivity contribution >= 4 is 27.5 Å². The molecule has 0 aliphatic carbocycles. The van der Waals surface area contributed by atoms with Crippen molar-refractivity contribution in [3.8, 4) is 0 Å². The molecule has 0 fully saturated rings. The monoisotopic (exact) mass is 456 g/mol. The molecule has 0 aliphatic heterocycles. The van der Waals surface area contributed by atoms with Gasteiger partial charge in [0.2, 0.25) is 11.8 Å². The van der Waals surface area contributed by atoms with Gasteiger partial charge in [-0.15, -0.1) is 0 Å². The molecule has 1 amide bonds. The van der Waals surface area contributed by atoms with Crippen molar-refractivity contribution in [2.75, 3.05) is 4.90 Å². The fourth-order valence-corrected chi connectivity index (χ4v) is 3.05. The van der Waals surface area contributed by atoms with E-state index in [1.165, 1.54) is 0 Å². The molecule has 152 valence electrons. The Bertz CT molecular complexity index is 933. The van der Waals surface area contributed by atoms with Crippen LogP contribution in [0, 0.1) is 0 Å². The predicted molar refractivity (Wildman–Crippen MR) is 116 cm³/mol. The first-order valence-corrected chi connectivity index (χ1v) is 10.4. The minimum absolute atomic E-state index is 0.0357. The normalized spacial score (nSPS) is 11.4. The number of halogens is 1. The van der Waals surface area contributed by atoms with Crippen LogP contribution in [0.4, 0.5) is 5.69 Å². The third kappa shape index (κ3) is 5.97. The van der Waals surface area contributed by atoms with E-state index in [0.717, 1.165) is 15.9 Å². The Hall–Kier alpha value is -2.54. The largest absolute Gasteiger partial charge is 0.339 e. The van der Waals surface area contributed by atoms with Crippen LogP contribution in [0.25, 0.3) is 0 Å². The summed E-state index contributed by atoms with van der Waals surface area (Å²) < 4.78 is 6.30. The Morgan fingerprint density at radius 1 is 1.14 bits per heavy atom. The van der Waals surface area contributed by atoms with Gasteiger partial charge in [-0.2, -0.15) is 4.98 Å². The number of carbonyl (C=O) groups excluding carboxylic acids is 1. The van der Waals surface area contributed by atoms with Crippen LogP contribution in [0.2, 0.25) is 0 Å². The number of benzene rings is 1. The third-order valence-corrected chi connectivity index (χ3v) is 4.93. The molecule has 0 spiro atoms. The maximum absolute atomic E-state index is 13.0. The van der Waals surface area contributed by atoms with E-state index in [1.54, 1.807) is 11.1 Å². The van der Waals surface area contributed by atoms with E-state index in [0.29, 0.717) is 37.5 Å². The molecule has 0 aliphatic rings. The zero-order chi connectivity index (χ0) is 20.9. The zero-order valence-electron chi connectivity index (χ0n) is 16.9. The molecule has 0 saturated heterocycles. The molecular formula is C22H25BrN4O2. The first kappa shape index (κ1) is 21.2. The summed E-state index contributed by atoms with van der Waals surface area (Å²) in [7, 11) is 0. The van der Waals surface area contributed by atoms with Crippen LogP contribution in [-0.4, -0.2) is 21.0 Å². The van der Waals surface area contributed by atoms with E-state index >= 15 is 0 Å². The number of hydrogen-bond acceptors (Lipinski definition) is 5. The molecule has 29 heavy (non-hydrogen) atoms. The Morgan fingerprint density at radius 2 is 1.90 bits per heavy atom. The van der Waals surface area contributed by atoms with Crippen molar-refractivity contribution in [1.29, 1.82) is 0 Å². The summed E-state index contributed by atoms with van der Waals surface area (Å²) >= 11 is 3.44. The Labute approximate surface area is 179 Å². The van der Waals surface area contributed by atoms with Gasteiger partial charge in [0.05, 0.1) is 12.2 Å². The van der Waals surface area contributed by atoms with E-state index in [1.807, 2.05) is 63.2 Å². The lowest BCUT2D eigenvalue weighted by Gasteiger charge is -2.22.